The molecule has 28 heavy (non-hydrogen) atoms. The second-order valence-corrected chi connectivity index (χ2v) is 8.94. The standard InChI is InChI=1S/C19H31N5OS.2ClH/c25-19(15-24-18(3-7-21-24)16-2-1-6-20-14-16)23-8-4-17(5-9-23)22-10-12-26-13-11-22;;/h3,7,16-17,20H,1-2,4-6,8-15H2;2*1H. The summed E-state index contributed by atoms with van der Waals surface area (Å²) in [6.07, 6.45) is 6.47. The zero-order chi connectivity index (χ0) is 17.8. The van der Waals surface area contributed by atoms with Crippen LogP contribution < -0.4 is 5.32 Å². The van der Waals surface area contributed by atoms with Crippen molar-refractivity contribution in [3.05, 3.63) is 18.0 Å². The quantitative estimate of drug-likeness (QED) is 0.763. The smallest absolute Gasteiger partial charge is 0.244 e. The monoisotopic (exact) mass is 449 g/mol. The summed E-state index contributed by atoms with van der Waals surface area (Å²) in [5.41, 5.74) is 1.21. The van der Waals surface area contributed by atoms with Crippen LogP contribution in [0.25, 0.3) is 0 Å². The first-order chi connectivity index (χ1) is 12.8. The number of aromatic nitrogens is 2. The normalized spacial score (nSPS) is 24.3. The minimum atomic E-state index is 0. The molecule has 0 aromatic carbocycles. The van der Waals surface area contributed by atoms with Gasteiger partial charge in [0.2, 0.25) is 5.91 Å². The molecule has 3 aliphatic heterocycles. The molecule has 1 aromatic rings. The molecule has 4 heterocycles. The van der Waals surface area contributed by atoms with E-state index in [4.69, 9.17) is 0 Å². The molecule has 1 N–H and O–H groups in total. The third kappa shape index (κ3) is 5.79. The van der Waals surface area contributed by atoms with Gasteiger partial charge >= 0.3 is 0 Å². The van der Waals surface area contributed by atoms with Crippen LogP contribution in [0, 0.1) is 0 Å². The number of piperidine rings is 2. The summed E-state index contributed by atoms with van der Waals surface area (Å²) in [5.74, 6) is 3.24. The molecule has 1 amide bonds. The lowest BCUT2D eigenvalue weighted by molar-refractivity contribution is -0.133. The van der Waals surface area contributed by atoms with E-state index in [1.165, 1.54) is 43.1 Å². The highest BCUT2D eigenvalue weighted by Crippen LogP contribution is 2.24. The van der Waals surface area contributed by atoms with Crippen LogP contribution in [0.5, 0.6) is 0 Å². The maximum Gasteiger partial charge on any atom is 0.244 e. The number of carbonyl (C=O) groups excluding carboxylic acids is 1. The van der Waals surface area contributed by atoms with Crippen molar-refractivity contribution < 1.29 is 4.79 Å². The molecule has 0 saturated carbocycles. The SMILES string of the molecule is Cl.Cl.O=C(Cn1nccc1C1CCCNC1)N1CCC(N2CCSCC2)CC1. The fourth-order valence-corrected chi connectivity index (χ4v) is 5.51. The lowest BCUT2D eigenvalue weighted by atomic mass is 9.96. The molecule has 0 bridgehead atoms. The number of amides is 1. The van der Waals surface area contributed by atoms with Gasteiger partial charge in [0, 0.05) is 68.1 Å². The highest BCUT2D eigenvalue weighted by molar-refractivity contribution is 7.99. The Hall–Kier alpha value is -0.470. The molecule has 3 aliphatic rings. The lowest BCUT2D eigenvalue weighted by Gasteiger charge is -2.40. The predicted octanol–water partition coefficient (Wildman–Crippen LogP) is 2.23. The molecule has 0 spiro atoms. The van der Waals surface area contributed by atoms with Crippen molar-refractivity contribution in [1.29, 1.82) is 0 Å². The zero-order valence-electron chi connectivity index (χ0n) is 16.4. The van der Waals surface area contributed by atoms with E-state index in [9.17, 15) is 4.79 Å². The molecule has 9 heteroatoms. The first-order valence-corrected chi connectivity index (χ1v) is 11.3. The van der Waals surface area contributed by atoms with Gasteiger partial charge in [-0.1, -0.05) is 0 Å². The minimum absolute atomic E-state index is 0. The molecule has 6 nitrogen and oxygen atoms in total. The maximum atomic E-state index is 12.8. The van der Waals surface area contributed by atoms with Gasteiger partial charge in [-0.15, -0.1) is 24.8 Å². The summed E-state index contributed by atoms with van der Waals surface area (Å²) in [7, 11) is 0. The Balaban J connectivity index is 0.00000140. The Bertz CT molecular complexity index is 597. The van der Waals surface area contributed by atoms with Crippen molar-refractivity contribution in [3.63, 3.8) is 0 Å². The Morgan fingerprint density at radius 1 is 1.14 bits per heavy atom. The van der Waals surface area contributed by atoms with Gasteiger partial charge in [-0.25, -0.2) is 0 Å². The largest absolute Gasteiger partial charge is 0.341 e. The summed E-state index contributed by atoms with van der Waals surface area (Å²) < 4.78 is 1.94. The number of carbonyl (C=O) groups is 1. The lowest BCUT2D eigenvalue weighted by Crippen LogP contribution is -2.49. The Labute approximate surface area is 185 Å². The van der Waals surface area contributed by atoms with E-state index in [0.717, 1.165) is 39.0 Å². The highest BCUT2D eigenvalue weighted by atomic mass is 35.5. The summed E-state index contributed by atoms with van der Waals surface area (Å²) in [6.45, 7) is 6.73. The Kier molecular flexibility index (Phi) is 9.90. The fourth-order valence-electron chi connectivity index (χ4n) is 4.58. The average molecular weight is 450 g/mol. The van der Waals surface area contributed by atoms with Crippen LogP contribution in [0.15, 0.2) is 12.3 Å². The second-order valence-electron chi connectivity index (χ2n) is 7.72. The number of thioether (sulfide) groups is 1. The molecule has 1 unspecified atom stereocenters. The van der Waals surface area contributed by atoms with Gasteiger partial charge in [0.25, 0.3) is 0 Å². The number of hydrogen-bond acceptors (Lipinski definition) is 5. The zero-order valence-corrected chi connectivity index (χ0v) is 18.9. The first kappa shape index (κ1) is 23.8. The topological polar surface area (TPSA) is 53.4 Å². The van der Waals surface area contributed by atoms with Crippen molar-refractivity contribution >= 4 is 42.5 Å². The van der Waals surface area contributed by atoms with Gasteiger partial charge in [0.1, 0.15) is 6.54 Å². The van der Waals surface area contributed by atoms with Gasteiger partial charge in [-0.2, -0.15) is 16.9 Å². The molecule has 0 radical (unpaired) electrons. The predicted molar refractivity (Wildman–Crippen MR) is 120 cm³/mol. The van der Waals surface area contributed by atoms with Crippen LogP contribution in [0.3, 0.4) is 0 Å². The summed E-state index contributed by atoms with van der Waals surface area (Å²) in [5, 5.41) is 7.91. The molecule has 0 aliphatic carbocycles. The van der Waals surface area contributed by atoms with Crippen molar-refractivity contribution in [2.24, 2.45) is 0 Å². The first-order valence-electron chi connectivity index (χ1n) is 10.1. The van der Waals surface area contributed by atoms with Gasteiger partial charge in [0.05, 0.1) is 0 Å². The number of halogens is 2. The molecule has 160 valence electrons. The van der Waals surface area contributed by atoms with E-state index in [1.54, 1.807) is 0 Å². The molecule has 4 rings (SSSR count). The van der Waals surface area contributed by atoms with Crippen molar-refractivity contribution in [2.45, 2.75) is 44.2 Å². The van der Waals surface area contributed by atoms with Crippen molar-refractivity contribution in [2.75, 3.05) is 50.8 Å². The van der Waals surface area contributed by atoms with E-state index >= 15 is 0 Å². The van der Waals surface area contributed by atoms with Crippen molar-refractivity contribution in [1.82, 2.24) is 24.9 Å². The van der Waals surface area contributed by atoms with Crippen LogP contribution in [0.4, 0.5) is 0 Å². The van der Waals surface area contributed by atoms with Crippen LogP contribution in [-0.4, -0.2) is 82.3 Å². The van der Waals surface area contributed by atoms with Crippen LogP contribution in [0.1, 0.15) is 37.3 Å². The summed E-state index contributed by atoms with van der Waals surface area (Å²) in [4.78, 5) is 17.5. The molecule has 1 atom stereocenters. The van der Waals surface area contributed by atoms with Crippen LogP contribution in [0.2, 0.25) is 0 Å². The average Bonchev–Trinajstić information content (AvgIpc) is 3.17. The fraction of sp³-hybridized carbons (Fsp3) is 0.789. The third-order valence-electron chi connectivity index (χ3n) is 6.13. The maximum absolute atomic E-state index is 12.8. The minimum Gasteiger partial charge on any atom is -0.341 e. The second kappa shape index (κ2) is 11.6. The highest BCUT2D eigenvalue weighted by Gasteiger charge is 2.28. The number of nitrogens with one attached hydrogen (secondary N) is 1. The number of hydrogen-bond donors (Lipinski definition) is 1. The summed E-state index contributed by atoms with van der Waals surface area (Å²) in [6, 6.07) is 2.76. The van der Waals surface area contributed by atoms with E-state index in [1.807, 2.05) is 10.9 Å². The number of nitrogens with zero attached hydrogens (tertiary/aromatic N) is 4. The van der Waals surface area contributed by atoms with Gasteiger partial charge < -0.3 is 10.2 Å². The third-order valence-corrected chi connectivity index (χ3v) is 7.07. The molecule has 3 fully saturated rings. The van der Waals surface area contributed by atoms with E-state index < -0.39 is 0 Å². The number of rotatable bonds is 4. The molecule has 3 saturated heterocycles. The molecule has 1 aromatic heterocycles. The van der Waals surface area contributed by atoms with Crippen molar-refractivity contribution in [3.8, 4) is 0 Å². The van der Waals surface area contributed by atoms with E-state index in [0.29, 0.717) is 18.5 Å². The number of likely N-dealkylation sites (tertiary alicyclic amines) is 1. The molecular formula is C19H33Cl2N5OS. The van der Waals surface area contributed by atoms with Gasteiger partial charge in [-0.3, -0.25) is 14.4 Å². The van der Waals surface area contributed by atoms with Gasteiger partial charge in [-0.05, 0) is 38.3 Å². The Morgan fingerprint density at radius 3 is 2.57 bits per heavy atom. The summed E-state index contributed by atoms with van der Waals surface area (Å²) >= 11 is 2.06. The van der Waals surface area contributed by atoms with E-state index in [2.05, 4.69) is 38.0 Å². The van der Waals surface area contributed by atoms with E-state index in [-0.39, 0.29) is 30.7 Å². The van der Waals surface area contributed by atoms with Crippen LogP contribution >= 0.6 is 36.6 Å². The van der Waals surface area contributed by atoms with Gasteiger partial charge in [0.15, 0.2) is 0 Å². The Morgan fingerprint density at radius 2 is 1.89 bits per heavy atom. The van der Waals surface area contributed by atoms with Crippen LogP contribution in [-0.2, 0) is 11.3 Å². The molecular weight excluding hydrogens is 417 g/mol.